The number of fused-ring (bicyclic) bond motifs is 3. The van der Waals surface area contributed by atoms with E-state index >= 15 is 0 Å². The van der Waals surface area contributed by atoms with Gasteiger partial charge in [0.2, 0.25) is 8.45 Å². The summed E-state index contributed by atoms with van der Waals surface area (Å²) in [4.78, 5) is 0. The van der Waals surface area contributed by atoms with Crippen molar-refractivity contribution in [3.8, 4) is 0 Å². The normalized spacial score (nSPS) is 19.7. The quantitative estimate of drug-likeness (QED) is 0.429. The lowest BCUT2D eigenvalue weighted by Gasteiger charge is -2.39. The van der Waals surface area contributed by atoms with Crippen LogP contribution in [0, 0.1) is 0 Å². The molecule has 2 aliphatic heterocycles. The van der Waals surface area contributed by atoms with E-state index in [1.54, 1.807) is 0 Å². The molecule has 1 saturated heterocycles. The van der Waals surface area contributed by atoms with Gasteiger partial charge in [0.1, 0.15) is 6.10 Å². The van der Waals surface area contributed by atoms with Gasteiger partial charge in [-0.15, -0.1) is 0 Å². The first-order valence-electron chi connectivity index (χ1n) is 10.1. The third kappa shape index (κ3) is 3.86. The Labute approximate surface area is 183 Å². The maximum Gasteiger partial charge on any atom is 0.249 e. The minimum Gasteiger partial charge on any atom is -0.359 e. The third-order valence-corrected chi connectivity index (χ3v) is 7.62. The Morgan fingerprint density at radius 1 is 0.900 bits per heavy atom. The number of hydrogen-bond acceptors (Lipinski definition) is 4. The highest BCUT2D eigenvalue weighted by atomic mass is 32.1. The monoisotopic (exact) mass is 434 g/mol. The number of benzene rings is 3. The van der Waals surface area contributed by atoms with Gasteiger partial charge in [-0.25, -0.2) is 0 Å². The Morgan fingerprint density at radius 3 is 2.37 bits per heavy atom. The van der Waals surface area contributed by atoms with Crippen LogP contribution < -0.4 is 20.0 Å². The average Bonchev–Trinajstić information content (AvgIpc) is 3.23. The molecule has 0 saturated carbocycles. The molecule has 2 atom stereocenters. The molecule has 2 aliphatic rings. The maximum atomic E-state index is 6.67. The van der Waals surface area contributed by atoms with Crippen molar-refractivity contribution in [1.82, 2.24) is 5.32 Å². The average molecular weight is 435 g/mol. The van der Waals surface area contributed by atoms with Gasteiger partial charge in [-0.05, 0) is 42.5 Å². The van der Waals surface area contributed by atoms with Crippen molar-refractivity contribution >= 4 is 42.8 Å². The summed E-state index contributed by atoms with van der Waals surface area (Å²) in [7, 11) is -0.901. The lowest BCUT2D eigenvalue weighted by Crippen LogP contribution is -2.35. The van der Waals surface area contributed by atoms with E-state index in [-0.39, 0.29) is 6.10 Å². The van der Waals surface area contributed by atoms with Crippen LogP contribution in [0.2, 0.25) is 0 Å². The molecule has 0 bridgehead atoms. The van der Waals surface area contributed by atoms with Gasteiger partial charge < -0.3 is 24.5 Å². The van der Waals surface area contributed by atoms with Crippen LogP contribution >= 0.6 is 20.7 Å². The van der Waals surface area contributed by atoms with E-state index in [0.717, 1.165) is 18.8 Å². The zero-order chi connectivity index (χ0) is 20.3. The van der Waals surface area contributed by atoms with Crippen LogP contribution in [-0.2, 0) is 4.52 Å². The molecule has 2 N–H and O–H groups in total. The molecule has 0 radical (unpaired) electrons. The molecule has 3 aromatic carbocycles. The first-order chi connectivity index (χ1) is 14.8. The molecule has 5 rings (SSSR count). The molecular weight excluding hydrogens is 411 g/mol. The highest BCUT2D eigenvalue weighted by molar-refractivity contribution is 7.80. The van der Waals surface area contributed by atoms with Crippen LogP contribution in [0.4, 0.5) is 17.1 Å². The van der Waals surface area contributed by atoms with Gasteiger partial charge in [-0.1, -0.05) is 54.6 Å². The molecule has 0 aliphatic carbocycles. The van der Waals surface area contributed by atoms with Crippen molar-refractivity contribution in [2.24, 2.45) is 0 Å². The standard InChI is InChI=1S/C23H23N4OPS/c30-23(25-18-9-3-1-4-10-18)24-17-22-20-13-7-8-14-21(20)27-16-15-26(29(27)28-22)19-11-5-2-6-12-19/h1-14,22H,15-17H2,(H2,24,25,30). The number of thiocarbonyl (C=S) groups is 1. The molecule has 2 unspecified atom stereocenters. The zero-order valence-electron chi connectivity index (χ0n) is 16.4. The highest BCUT2D eigenvalue weighted by Gasteiger charge is 2.42. The van der Waals surface area contributed by atoms with Gasteiger partial charge in [0.25, 0.3) is 0 Å². The van der Waals surface area contributed by atoms with E-state index in [2.05, 4.69) is 74.6 Å². The summed E-state index contributed by atoms with van der Waals surface area (Å²) < 4.78 is 11.5. The molecule has 152 valence electrons. The van der Waals surface area contributed by atoms with Crippen LogP contribution in [0.3, 0.4) is 0 Å². The minimum absolute atomic E-state index is 0.0663. The number of rotatable bonds is 4. The second kappa shape index (κ2) is 8.60. The lowest BCUT2D eigenvalue weighted by molar-refractivity contribution is 0.228. The molecule has 30 heavy (non-hydrogen) atoms. The molecule has 1 fully saturated rings. The summed E-state index contributed by atoms with van der Waals surface area (Å²) in [5.41, 5.74) is 4.66. The summed E-state index contributed by atoms with van der Waals surface area (Å²) in [5.74, 6) is 0. The topological polar surface area (TPSA) is 39.8 Å². The Bertz CT molecular complexity index is 1020. The van der Waals surface area contributed by atoms with Crippen molar-refractivity contribution < 1.29 is 4.52 Å². The SMILES string of the molecule is S=C(NCC1OP2N(c3ccccc3)CCN2c2ccccc21)Nc1ccccc1. The van der Waals surface area contributed by atoms with Crippen LogP contribution in [0.5, 0.6) is 0 Å². The van der Waals surface area contributed by atoms with E-state index in [1.807, 2.05) is 30.3 Å². The smallest absolute Gasteiger partial charge is 0.249 e. The van der Waals surface area contributed by atoms with Gasteiger partial charge in [0.05, 0.1) is 0 Å². The van der Waals surface area contributed by atoms with Crippen molar-refractivity contribution in [2.75, 3.05) is 34.3 Å². The molecule has 0 amide bonds. The van der Waals surface area contributed by atoms with Gasteiger partial charge in [0.15, 0.2) is 5.11 Å². The fourth-order valence-electron chi connectivity index (χ4n) is 3.84. The largest absolute Gasteiger partial charge is 0.359 e. The summed E-state index contributed by atoms with van der Waals surface area (Å²) in [6, 6.07) is 29.0. The summed E-state index contributed by atoms with van der Waals surface area (Å²) >= 11 is 5.50. The lowest BCUT2D eigenvalue weighted by atomic mass is 10.1. The fourth-order valence-corrected chi connectivity index (χ4v) is 6.16. The van der Waals surface area contributed by atoms with E-state index in [0.29, 0.717) is 11.7 Å². The van der Waals surface area contributed by atoms with Gasteiger partial charge in [-0.2, -0.15) is 0 Å². The zero-order valence-corrected chi connectivity index (χ0v) is 18.2. The summed E-state index contributed by atoms with van der Waals surface area (Å²) in [6.45, 7) is 2.54. The van der Waals surface area contributed by atoms with Gasteiger partial charge >= 0.3 is 0 Å². The fraction of sp³-hybridized carbons (Fsp3) is 0.174. The van der Waals surface area contributed by atoms with E-state index in [4.69, 9.17) is 16.7 Å². The Kier molecular flexibility index (Phi) is 5.54. The van der Waals surface area contributed by atoms with Crippen molar-refractivity contribution in [1.29, 1.82) is 0 Å². The highest BCUT2D eigenvalue weighted by Crippen LogP contribution is 2.60. The van der Waals surface area contributed by atoms with Gasteiger partial charge in [0, 0.05) is 42.3 Å². The van der Waals surface area contributed by atoms with Gasteiger partial charge in [-0.3, -0.25) is 0 Å². The predicted molar refractivity (Wildman–Crippen MR) is 129 cm³/mol. The number of nitrogens with one attached hydrogen (secondary N) is 2. The summed E-state index contributed by atoms with van der Waals surface area (Å²) in [6.07, 6.45) is -0.0663. The molecular formula is C23H23N4OPS. The van der Waals surface area contributed by atoms with Crippen molar-refractivity contribution in [3.63, 3.8) is 0 Å². The summed E-state index contributed by atoms with van der Waals surface area (Å²) in [5, 5.41) is 7.18. The molecule has 5 nitrogen and oxygen atoms in total. The van der Waals surface area contributed by atoms with E-state index in [1.165, 1.54) is 16.9 Å². The number of hydrogen-bond donors (Lipinski definition) is 2. The van der Waals surface area contributed by atoms with Crippen LogP contribution in [0.15, 0.2) is 84.9 Å². The number of anilines is 3. The molecule has 2 heterocycles. The van der Waals surface area contributed by atoms with Crippen LogP contribution in [0.1, 0.15) is 11.7 Å². The molecule has 3 aromatic rings. The third-order valence-electron chi connectivity index (χ3n) is 5.25. The minimum atomic E-state index is -0.901. The maximum absolute atomic E-state index is 6.67. The number of nitrogens with zero attached hydrogens (tertiary/aromatic N) is 2. The Balaban J connectivity index is 1.33. The Hall–Kier alpha value is -2.66. The van der Waals surface area contributed by atoms with Crippen LogP contribution in [-0.4, -0.2) is 24.7 Å². The molecule has 0 spiro atoms. The van der Waals surface area contributed by atoms with E-state index < -0.39 is 8.45 Å². The Morgan fingerprint density at radius 2 is 1.57 bits per heavy atom. The second-order valence-corrected chi connectivity index (χ2v) is 9.28. The van der Waals surface area contributed by atoms with Crippen LogP contribution in [0.25, 0.3) is 0 Å². The first kappa shape index (κ1) is 19.3. The first-order valence-corrected chi connectivity index (χ1v) is 11.6. The molecule has 0 aromatic heterocycles. The van der Waals surface area contributed by atoms with Crippen molar-refractivity contribution in [2.45, 2.75) is 6.10 Å². The molecule has 7 heteroatoms. The van der Waals surface area contributed by atoms with E-state index in [9.17, 15) is 0 Å². The van der Waals surface area contributed by atoms with Crippen molar-refractivity contribution in [3.05, 3.63) is 90.5 Å². The predicted octanol–water partition coefficient (Wildman–Crippen LogP) is 5.30. The number of para-hydroxylation sites is 3. The second-order valence-electron chi connectivity index (χ2n) is 7.19.